The lowest BCUT2D eigenvalue weighted by atomic mass is 9.96. The van der Waals surface area contributed by atoms with Gasteiger partial charge in [0.05, 0.1) is 9.92 Å². The van der Waals surface area contributed by atoms with Gasteiger partial charge in [0, 0.05) is 56.8 Å². The molecule has 0 atom stereocenters. The molecule has 0 saturated carbocycles. The smallest absolute Gasteiger partial charge is 0.243 e. The second-order valence-electron chi connectivity index (χ2n) is 7.73. The number of carbonyl (C=O) groups excluding carboxylic acids is 1. The van der Waals surface area contributed by atoms with Crippen LogP contribution in [0.2, 0.25) is 5.02 Å². The van der Waals surface area contributed by atoms with E-state index in [0.29, 0.717) is 25.9 Å². The van der Waals surface area contributed by atoms with Crippen molar-refractivity contribution in [2.45, 2.75) is 24.2 Å². The average Bonchev–Trinajstić information content (AvgIpc) is 3.20. The Morgan fingerprint density at radius 1 is 1.13 bits per heavy atom. The third-order valence-electron chi connectivity index (χ3n) is 5.83. The van der Waals surface area contributed by atoms with Crippen molar-refractivity contribution in [3.63, 3.8) is 0 Å². The number of hydrogen-bond acceptors (Lipinski definition) is 6. The minimum atomic E-state index is -3.77. The van der Waals surface area contributed by atoms with E-state index in [9.17, 15) is 17.6 Å². The topological polar surface area (TPSA) is 73.8 Å². The summed E-state index contributed by atoms with van der Waals surface area (Å²) in [5.41, 5.74) is 0. The molecule has 168 valence electrons. The molecule has 0 N–H and O–H groups in total. The van der Waals surface area contributed by atoms with Crippen molar-refractivity contribution in [3.05, 3.63) is 40.6 Å². The SMILES string of the molecule is O=C(C1CCN(S(=O)(=O)c2ccc(F)c(Cl)c2)CC1)N1CCCN(c2nccs2)CC1. The first kappa shape index (κ1) is 22.4. The third kappa shape index (κ3) is 4.87. The molecule has 1 aromatic carbocycles. The van der Waals surface area contributed by atoms with Gasteiger partial charge in [-0.25, -0.2) is 17.8 Å². The van der Waals surface area contributed by atoms with Gasteiger partial charge in [-0.15, -0.1) is 11.3 Å². The molecule has 0 spiro atoms. The predicted octanol–water partition coefficient (Wildman–Crippen LogP) is 3.08. The molecule has 1 amide bonds. The molecule has 2 aliphatic rings. The lowest BCUT2D eigenvalue weighted by molar-refractivity contribution is -0.136. The van der Waals surface area contributed by atoms with Crippen LogP contribution in [0.3, 0.4) is 0 Å². The van der Waals surface area contributed by atoms with Crippen molar-refractivity contribution in [2.75, 3.05) is 44.2 Å². The zero-order chi connectivity index (χ0) is 22.0. The molecule has 2 aliphatic heterocycles. The van der Waals surface area contributed by atoms with Gasteiger partial charge in [0.25, 0.3) is 0 Å². The van der Waals surface area contributed by atoms with E-state index in [0.717, 1.165) is 36.8 Å². The summed E-state index contributed by atoms with van der Waals surface area (Å²) in [6.07, 6.45) is 3.61. The standard InChI is InChI=1S/C20H24ClFN4O3S2/c21-17-14-16(2-3-18(17)22)31(28,29)26-9-4-15(5-10-26)19(27)24-7-1-8-25(12-11-24)20-23-6-13-30-20/h2-3,6,13-15H,1,4-5,7-12H2. The van der Waals surface area contributed by atoms with E-state index in [-0.39, 0.29) is 34.8 Å². The highest BCUT2D eigenvalue weighted by Gasteiger charge is 2.34. The Hall–Kier alpha value is -1.75. The third-order valence-corrected chi connectivity index (χ3v) is 8.85. The number of anilines is 1. The Kier molecular flexibility index (Phi) is 6.80. The van der Waals surface area contributed by atoms with Gasteiger partial charge in [0.15, 0.2) is 5.13 Å². The maximum atomic E-state index is 13.4. The fourth-order valence-electron chi connectivity index (χ4n) is 4.09. The molecular formula is C20H24ClFN4O3S2. The molecule has 0 radical (unpaired) electrons. The van der Waals surface area contributed by atoms with Gasteiger partial charge in [0.2, 0.25) is 15.9 Å². The number of halogens is 2. The first-order valence-electron chi connectivity index (χ1n) is 10.2. The summed E-state index contributed by atoms with van der Waals surface area (Å²) in [6, 6.07) is 3.41. The second kappa shape index (κ2) is 9.40. The number of benzene rings is 1. The summed E-state index contributed by atoms with van der Waals surface area (Å²) in [4.78, 5) is 21.5. The Labute approximate surface area is 190 Å². The largest absolute Gasteiger partial charge is 0.346 e. The lowest BCUT2D eigenvalue weighted by Crippen LogP contribution is -2.45. The number of amides is 1. The van der Waals surface area contributed by atoms with Gasteiger partial charge in [-0.1, -0.05) is 11.6 Å². The van der Waals surface area contributed by atoms with E-state index in [2.05, 4.69) is 9.88 Å². The van der Waals surface area contributed by atoms with Crippen LogP contribution in [-0.2, 0) is 14.8 Å². The number of hydrogen-bond donors (Lipinski definition) is 0. The first-order valence-corrected chi connectivity index (χ1v) is 12.9. The van der Waals surface area contributed by atoms with E-state index < -0.39 is 15.8 Å². The maximum Gasteiger partial charge on any atom is 0.243 e. The monoisotopic (exact) mass is 486 g/mol. The van der Waals surface area contributed by atoms with Crippen LogP contribution in [0.25, 0.3) is 0 Å². The Bertz CT molecular complexity index is 1030. The van der Waals surface area contributed by atoms with Crippen LogP contribution in [0.1, 0.15) is 19.3 Å². The molecule has 31 heavy (non-hydrogen) atoms. The maximum absolute atomic E-state index is 13.4. The molecule has 3 heterocycles. The molecule has 2 saturated heterocycles. The molecule has 11 heteroatoms. The number of sulfonamides is 1. The zero-order valence-electron chi connectivity index (χ0n) is 16.9. The van der Waals surface area contributed by atoms with Crippen molar-refractivity contribution < 1.29 is 17.6 Å². The van der Waals surface area contributed by atoms with Crippen LogP contribution in [0.4, 0.5) is 9.52 Å². The second-order valence-corrected chi connectivity index (χ2v) is 11.0. The fourth-order valence-corrected chi connectivity index (χ4v) is 6.53. The predicted molar refractivity (Wildman–Crippen MR) is 118 cm³/mol. The van der Waals surface area contributed by atoms with E-state index in [4.69, 9.17) is 11.6 Å². The van der Waals surface area contributed by atoms with Crippen LogP contribution < -0.4 is 4.90 Å². The highest BCUT2D eigenvalue weighted by molar-refractivity contribution is 7.89. The van der Waals surface area contributed by atoms with Crippen LogP contribution in [0.15, 0.2) is 34.7 Å². The molecular weight excluding hydrogens is 463 g/mol. The van der Waals surface area contributed by atoms with E-state index >= 15 is 0 Å². The number of aromatic nitrogens is 1. The minimum absolute atomic E-state index is 0.0292. The van der Waals surface area contributed by atoms with Crippen LogP contribution in [0.5, 0.6) is 0 Å². The van der Waals surface area contributed by atoms with Crippen LogP contribution in [0, 0.1) is 11.7 Å². The van der Waals surface area contributed by atoms with E-state index in [1.165, 1.54) is 10.4 Å². The molecule has 0 unspecified atom stereocenters. The van der Waals surface area contributed by atoms with Gasteiger partial charge >= 0.3 is 0 Å². The normalized spacial score (nSPS) is 19.4. The summed E-state index contributed by atoms with van der Waals surface area (Å²) < 4.78 is 40.5. The van der Waals surface area contributed by atoms with Crippen molar-refractivity contribution in [2.24, 2.45) is 5.92 Å². The fraction of sp³-hybridized carbons (Fsp3) is 0.500. The average molecular weight is 487 g/mol. The number of nitrogens with zero attached hydrogens (tertiary/aromatic N) is 4. The van der Waals surface area contributed by atoms with E-state index in [1.807, 2.05) is 10.3 Å². The molecule has 0 bridgehead atoms. The molecule has 4 rings (SSSR count). The summed E-state index contributed by atoms with van der Waals surface area (Å²) in [5, 5.41) is 2.71. The zero-order valence-corrected chi connectivity index (χ0v) is 19.3. The highest BCUT2D eigenvalue weighted by Crippen LogP contribution is 2.28. The van der Waals surface area contributed by atoms with Crippen molar-refractivity contribution >= 4 is 44.0 Å². The summed E-state index contributed by atoms with van der Waals surface area (Å²) in [7, 11) is -3.77. The Morgan fingerprint density at radius 2 is 1.90 bits per heavy atom. The van der Waals surface area contributed by atoms with Gasteiger partial charge in [-0.3, -0.25) is 4.79 Å². The summed E-state index contributed by atoms with van der Waals surface area (Å²) in [5.74, 6) is -0.742. The quantitative estimate of drug-likeness (QED) is 0.664. The van der Waals surface area contributed by atoms with Crippen LogP contribution in [-0.4, -0.2) is 67.8 Å². The number of piperidine rings is 1. The highest BCUT2D eigenvalue weighted by atomic mass is 35.5. The summed E-state index contributed by atoms with van der Waals surface area (Å²) >= 11 is 7.35. The molecule has 0 aliphatic carbocycles. The summed E-state index contributed by atoms with van der Waals surface area (Å²) in [6.45, 7) is 3.48. The van der Waals surface area contributed by atoms with E-state index in [1.54, 1.807) is 17.5 Å². The minimum Gasteiger partial charge on any atom is -0.346 e. The molecule has 2 fully saturated rings. The van der Waals surface area contributed by atoms with Crippen LogP contribution >= 0.6 is 22.9 Å². The van der Waals surface area contributed by atoms with Gasteiger partial charge < -0.3 is 9.80 Å². The van der Waals surface area contributed by atoms with Gasteiger partial charge in [0.1, 0.15) is 5.82 Å². The first-order chi connectivity index (χ1) is 14.9. The Balaban J connectivity index is 1.35. The lowest BCUT2D eigenvalue weighted by Gasteiger charge is -2.33. The molecule has 2 aromatic rings. The van der Waals surface area contributed by atoms with Crippen molar-refractivity contribution in [3.8, 4) is 0 Å². The van der Waals surface area contributed by atoms with Gasteiger partial charge in [-0.2, -0.15) is 4.31 Å². The van der Waals surface area contributed by atoms with Crippen molar-refractivity contribution in [1.29, 1.82) is 0 Å². The van der Waals surface area contributed by atoms with Crippen molar-refractivity contribution in [1.82, 2.24) is 14.2 Å². The van der Waals surface area contributed by atoms with Gasteiger partial charge in [-0.05, 0) is 37.5 Å². The number of carbonyl (C=O) groups is 1. The number of rotatable bonds is 4. The molecule has 7 nitrogen and oxygen atoms in total. The molecule has 1 aromatic heterocycles. The Morgan fingerprint density at radius 3 is 2.58 bits per heavy atom. The number of thiazole rings is 1.